The van der Waals surface area contributed by atoms with Crippen molar-refractivity contribution in [2.75, 3.05) is 13.1 Å². The zero-order valence-electron chi connectivity index (χ0n) is 10.4. The maximum absolute atomic E-state index is 11.7. The van der Waals surface area contributed by atoms with Gasteiger partial charge in [0.1, 0.15) is 6.04 Å². The van der Waals surface area contributed by atoms with Crippen LogP contribution < -0.4 is 16.0 Å². The van der Waals surface area contributed by atoms with Gasteiger partial charge in [-0.3, -0.25) is 4.79 Å². The Bertz CT molecular complexity index is 461. The van der Waals surface area contributed by atoms with Crippen LogP contribution >= 0.6 is 11.6 Å². The summed E-state index contributed by atoms with van der Waals surface area (Å²) in [5, 5.41) is 8.62. The third-order valence-corrected chi connectivity index (χ3v) is 3.20. The van der Waals surface area contributed by atoms with Crippen molar-refractivity contribution < 1.29 is 9.59 Å². The van der Waals surface area contributed by atoms with Crippen LogP contribution in [0.15, 0.2) is 24.3 Å². The lowest BCUT2D eigenvalue weighted by Gasteiger charge is -2.09. The summed E-state index contributed by atoms with van der Waals surface area (Å²) in [5.41, 5.74) is 1.19. The van der Waals surface area contributed by atoms with Crippen molar-refractivity contribution >= 4 is 23.5 Å². The lowest BCUT2D eigenvalue weighted by Crippen LogP contribution is -2.43. The molecule has 0 bridgehead atoms. The smallest absolute Gasteiger partial charge is 0.315 e. The van der Waals surface area contributed by atoms with E-state index in [1.807, 2.05) is 24.3 Å². The molecule has 1 saturated heterocycles. The van der Waals surface area contributed by atoms with Crippen LogP contribution in [0.25, 0.3) is 0 Å². The lowest BCUT2D eigenvalue weighted by atomic mass is 10.1. The first-order chi connectivity index (χ1) is 9.15. The van der Waals surface area contributed by atoms with Gasteiger partial charge in [-0.05, 0) is 30.5 Å². The molecule has 1 aromatic carbocycles. The number of aryl methyl sites for hydroxylation is 1. The van der Waals surface area contributed by atoms with Gasteiger partial charge in [-0.1, -0.05) is 23.7 Å². The van der Waals surface area contributed by atoms with Gasteiger partial charge in [-0.15, -0.1) is 0 Å². The minimum atomic E-state index is -0.456. The molecule has 102 valence electrons. The average molecular weight is 282 g/mol. The number of benzene rings is 1. The van der Waals surface area contributed by atoms with Crippen LogP contribution in [-0.2, 0) is 11.2 Å². The summed E-state index contributed by atoms with van der Waals surface area (Å²) in [5.74, 6) is -0.144. The Morgan fingerprint density at radius 3 is 2.74 bits per heavy atom. The zero-order chi connectivity index (χ0) is 13.7. The van der Waals surface area contributed by atoms with E-state index < -0.39 is 6.04 Å². The molecule has 0 spiro atoms. The number of rotatable bonds is 5. The fourth-order valence-corrected chi connectivity index (χ4v) is 2.02. The molecule has 3 amide bonds. The Morgan fingerprint density at radius 1 is 1.37 bits per heavy atom. The molecule has 1 aliphatic rings. The molecule has 3 N–H and O–H groups in total. The Morgan fingerprint density at radius 2 is 2.11 bits per heavy atom. The standard InChI is InChI=1S/C13H16ClN3O2/c14-10-5-3-9(4-6-10)2-1-7-15-12(18)11-8-16-13(19)17-11/h3-6,11H,1-2,7-8H2,(H,15,18)(H2,16,17,19). The van der Waals surface area contributed by atoms with Gasteiger partial charge in [0, 0.05) is 18.1 Å². The largest absolute Gasteiger partial charge is 0.354 e. The lowest BCUT2D eigenvalue weighted by molar-refractivity contribution is -0.122. The molecular weight excluding hydrogens is 266 g/mol. The van der Waals surface area contributed by atoms with E-state index in [9.17, 15) is 9.59 Å². The van der Waals surface area contributed by atoms with Gasteiger partial charge in [0.05, 0.1) is 0 Å². The molecule has 2 rings (SSSR count). The van der Waals surface area contributed by atoms with E-state index in [4.69, 9.17) is 11.6 Å². The highest BCUT2D eigenvalue weighted by Gasteiger charge is 2.25. The normalized spacial score (nSPS) is 17.7. The quantitative estimate of drug-likeness (QED) is 0.707. The van der Waals surface area contributed by atoms with Crippen molar-refractivity contribution in [3.05, 3.63) is 34.9 Å². The Balaban J connectivity index is 1.65. The third kappa shape index (κ3) is 4.13. The van der Waals surface area contributed by atoms with Crippen LogP contribution in [0.2, 0.25) is 5.02 Å². The van der Waals surface area contributed by atoms with Gasteiger partial charge in [-0.25, -0.2) is 4.79 Å². The highest BCUT2D eigenvalue weighted by atomic mass is 35.5. The van der Waals surface area contributed by atoms with Crippen LogP contribution in [0.5, 0.6) is 0 Å². The number of hydrogen-bond donors (Lipinski definition) is 3. The molecule has 0 saturated carbocycles. The summed E-state index contributed by atoms with van der Waals surface area (Å²) in [4.78, 5) is 22.6. The molecular formula is C13H16ClN3O2. The number of nitrogens with one attached hydrogen (secondary N) is 3. The van der Waals surface area contributed by atoms with Crippen molar-refractivity contribution in [1.82, 2.24) is 16.0 Å². The van der Waals surface area contributed by atoms with Gasteiger partial charge in [0.15, 0.2) is 0 Å². The minimum absolute atomic E-state index is 0.144. The molecule has 0 aliphatic carbocycles. The predicted octanol–water partition coefficient (Wildman–Crippen LogP) is 1.07. The maximum atomic E-state index is 11.7. The molecule has 5 nitrogen and oxygen atoms in total. The van der Waals surface area contributed by atoms with Gasteiger partial charge >= 0.3 is 6.03 Å². The fourth-order valence-electron chi connectivity index (χ4n) is 1.89. The van der Waals surface area contributed by atoms with E-state index in [1.165, 1.54) is 5.56 Å². The van der Waals surface area contributed by atoms with Crippen LogP contribution in [-0.4, -0.2) is 31.1 Å². The molecule has 6 heteroatoms. The van der Waals surface area contributed by atoms with Crippen molar-refractivity contribution in [3.63, 3.8) is 0 Å². The summed E-state index contributed by atoms with van der Waals surface area (Å²) in [6, 6.07) is 6.92. The number of carbonyl (C=O) groups excluding carboxylic acids is 2. The van der Waals surface area contributed by atoms with E-state index in [0.717, 1.165) is 17.9 Å². The molecule has 19 heavy (non-hydrogen) atoms. The van der Waals surface area contributed by atoms with Crippen LogP contribution in [0, 0.1) is 0 Å². The first-order valence-corrected chi connectivity index (χ1v) is 6.59. The molecule has 1 atom stereocenters. The molecule has 0 radical (unpaired) electrons. The molecule has 0 aromatic heterocycles. The van der Waals surface area contributed by atoms with Crippen molar-refractivity contribution in [2.45, 2.75) is 18.9 Å². The summed E-state index contributed by atoms with van der Waals surface area (Å²) >= 11 is 5.80. The fraction of sp³-hybridized carbons (Fsp3) is 0.385. The molecule has 1 aliphatic heterocycles. The Labute approximate surface area is 116 Å². The minimum Gasteiger partial charge on any atom is -0.354 e. The van der Waals surface area contributed by atoms with Crippen LogP contribution in [0.4, 0.5) is 4.79 Å². The van der Waals surface area contributed by atoms with Crippen molar-refractivity contribution in [1.29, 1.82) is 0 Å². The second-order valence-electron chi connectivity index (χ2n) is 4.43. The number of hydrogen-bond acceptors (Lipinski definition) is 2. The van der Waals surface area contributed by atoms with Crippen LogP contribution in [0.3, 0.4) is 0 Å². The maximum Gasteiger partial charge on any atom is 0.315 e. The topological polar surface area (TPSA) is 70.2 Å². The third-order valence-electron chi connectivity index (χ3n) is 2.94. The van der Waals surface area contributed by atoms with Gasteiger partial charge in [-0.2, -0.15) is 0 Å². The second-order valence-corrected chi connectivity index (χ2v) is 4.86. The number of urea groups is 1. The first kappa shape index (κ1) is 13.7. The predicted molar refractivity (Wildman–Crippen MR) is 73.1 cm³/mol. The molecule has 1 heterocycles. The van der Waals surface area contributed by atoms with Crippen LogP contribution in [0.1, 0.15) is 12.0 Å². The number of carbonyl (C=O) groups is 2. The van der Waals surface area contributed by atoms with E-state index in [2.05, 4.69) is 16.0 Å². The van der Waals surface area contributed by atoms with Gasteiger partial charge < -0.3 is 16.0 Å². The Kier molecular flexibility index (Phi) is 4.63. The van der Waals surface area contributed by atoms with E-state index in [0.29, 0.717) is 13.1 Å². The summed E-state index contributed by atoms with van der Waals surface area (Å²) in [6.07, 6.45) is 1.73. The van der Waals surface area contributed by atoms with Crippen molar-refractivity contribution in [3.8, 4) is 0 Å². The Hall–Kier alpha value is -1.75. The summed E-state index contributed by atoms with van der Waals surface area (Å²) in [6.45, 7) is 0.940. The van der Waals surface area contributed by atoms with E-state index >= 15 is 0 Å². The highest BCUT2D eigenvalue weighted by molar-refractivity contribution is 6.30. The summed E-state index contributed by atoms with van der Waals surface area (Å²) in [7, 11) is 0. The molecule has 1 unspecified atom stereocenters. The zero-order valence-corrected chi connectivity index (χ0v) is 11.2. The monoisotopic (exact) mass is 281 g/mol. The van der Waals surface area contributed by atoms with Gasteiger partial charge in [0.25, 0.3) is 0 Å². The van der Waals surface area contributed by atoms with E-state index in [1.54, 1.807) is 0 Å². The average Bonchev–Trinajstić information content (AvgIpc) is 2.83. The molecule has 1 fully saturated rings. The highest BCUT2D eigenvalue weighted by Crippen LogP contribution is 2.10. The van der Waals surface area contributed by atoms with Gasteiger partial charge in [0.2, 0.25) is 5.91 Å². The second kappa shape index (κ2) is 6.43. The number of halogens is 1. The number of amides is 3. The first-order valence-electron chi connectivity index (χ1n) is 6.21. The van der Waals surface area contributed by atoms with E-state index in [-0.39, 0.29) is 11.9 Å². The van der Waals surface area contributed by atoms with Crippen molar-refractivity contribution in [2.24, 2.45) is 0 Å². The summed E-state index contributed by atoms with van der Waals surface area (Å²) < 4.78 is 0. The molecule has 1 aromatic rings. The SMILES string of the molecule is O=C1NCC(C(=O)NCCCc2ccc(Cl)cc2)N1.